The highest BCUT2D eigenvalue weighted by atomic mass is 32.1. The lowest BCUT2D eigenvalue weighted by Crippen LogP contribution is -2.28. The van der Waals surface area contributed by atoms with E-state index in [1.165, 1.54) is 19.2 Å². The summed E-state index contributed by atoms with van der Waals surface area (Å²) in [6.45, 7) is 0. The van der Waals surface area contributed by atoms with Crippen molar-refractivity contribution in [1.29, 1.82) is 0 Å². The fourth-order valence-electron chi connectivity index (χ4n) is 3.89. The maximum atomic E-state index is 13.4. The minimum Gasteiger partial charge on any atom is -0.490 e. The van der Waals surface area contributed by atoms with Crippen LogP contribution in [0.5, 0.6) is 5.75 Å². The zero-order valence-corrected chi connectivity index (χ0v) is 19.2. The lowest BCUT2D eigenvalue weighted by atomic mass is 9.87. The van der Waals surface area contributed by atoms with E-state index < -0.39 is 11.6 Å². The number of halogens is 2. The van der Waals surface area contributed by atoms with E-state index in [2.05, 4.69) is 15.5 Å². The van der Waals surface area contributed by atoms with Gasteiger partial charge in [0, 0.05) is 18.1 Å². The number of aromatic nitrogens is 2. The van der Waals surface area contributed by atoms with Gasteiger partial charge >= 0.3 is 5.97 Å². The number of hydrogen-bond donors (Lipinski definition) is 1. The Balaban J connectivity index is 1.29. The summed E-state index contributed by atoms with van der Waals surface area (Å²) in [5.74, 6) is -1.25. The van der Waals surface area contributed by atoms with Gasteiger partial charge in [0.25, 0.3) is 5.91 Å². The monoisotopic (exact) mass is 487 g/mol. The summed E-state index contributed by atoms with van der Waals surface area (Å²) in [5.41, 5.74) is 0.853. The molecule has 34 heavy (non-hydrogen) atoms. The van der Waals surface area contributed by atoms with Crippen LogP contribution < -0.4 is 10.1 Å². The Labute approximate surface area is 199 Å². The molecule has 0 atom stereocenters. The Kier molecular flexibility index (Phi) is 7.46. The quantitative estimate of drug-likeness (QED) is 0.483. The van der Waals surface area contributed by atoms with Crippen LogP contribution in [0.25, 0.3) is 0 Å². The smallest absolute Gasteiger partial charge is 0.308 e. The summed E-state index contributed by atoms with van der Waals surface area (Å²) >= 11 is 1.14. The molecule has 0 radical (unpaired) electrons. The molecule has 1 aromatic heterocycles. The zero-order valence-electron chi connectivity index (χ0n) is 18.4. The molecule has 4 rings (SSSR count). The topological polar surface area (TPSA) is 90.4 Å². The Morgan fingerprint density at radius 1 is 1.03 bits per heavy atom. The number of benzene rings is 2. The molecule has 0 unspecified atom stereocenters. The Morgan fingerprint density at radius 2 is 1.71 bits per heavy atom. The summed E-state index contributed by atoms with van der Waals surface area (Å²) in [7, 11) is 1.40. The number of esters is 1. The van der Waals surface area contributed by atoms with Crippen LogP contribution in [0.15, 0.2) is 42.5 Å². The fraction of sp³-hybridized carbons (Fsp3) is 0.333. The van der Waals surface area contributed by atoms with Crippen LogP contribution in [0, 0.1) is 17.6 Å². The lowest BCUT2D eigenvalue weighted by molar-refractivity contribution is -0.147. The SMILES string of the molecule is COC(=O)C1CCC(Oc2ccc(C(=O)Nc3nnc(Cc4cc(F)cc(F)c4)s3)cc2)CC1. The summed E-state index contributed by atoms with van der Waals surface area (Å²) in [6, 6.07) is 10.0. The number of ether oxygens (including phenoxy) is 2. The molecule has 1 amide bonds. The highest BCUT2D eigenvalue weighted by Crippen LogP contribution is 2.28. The van der Waals surface area contributed by atoms with Crippen molar-refractivity contribution in [1.82, 2.24) is 10.2 Å². The van der Waals surface area contributed by atoms with Crippen molar-refractivity contribution < 1.29 is 27.8 Å². The lowest BCUT2D eigenvalue weighted by Gasteiger charge is -2.27. The van der Waals surface area contributed by atoms with Crippen molar-refractivity contribution in [2.24, 2.45) is 5.92 Å². The average molecular weight is 488 g/mol. The van der Waals surface area contributed by atoms with Gasteiger partial charge in [0.1, 0.15) is 22.4 Å². The van der Waals surface area contributed by atoms with Crippen molar-refractivity contribution in [2.75, 3.05) is 12.4 Å². The number of nitrogens with one attached hydrogen (secondary N) is 1. The normalized spacial score (nSPS) is 17.7. The third-order valence-corrected chi connectivity index (χ3v) is 6.43. The van der Waals surface area contributed by atoms with Crippen LogP contribution >= 0.6 is 11.3 Å². The van der Waals surface area contributed by atoms with Gasteiger partial charge in [-0.1, -0.05) is 11.3 Å². The van der Waals surface area contributed by atoms with E-state index >= 15 is 0 Å². The predicted molar refractivity (Wildman–Crippen MR) is 122 cm³/mol. The maximum absolute atomic E-state index is 13.4. The van der Waals surface area contributed by atoms with Crippen molar-refractivity contribution in [3.05, 3.63) is 70.2 Å². The van der Waals surface area contributed by atoms with Gasteiger partial charge in [0.15, 0.2) is 0 Å². The van der Waals surface area contributed by atoms with Crippen LogP contribution in [0.1, 0.15) is 46.6 Å². The largest absolute Gasteiger partial charge is 0.490 e. The Morgan fingerprint density at radius 3 is 2.35 bits per heavy atom. The molecule has 10 heteroatoms. The molecule has 1 saturated carbocycles. The van der Waals surface area contributed by atoms with Gasteiger partial charge < -0.3 is 9.47 Å². The van der Waals surface area contributed by atoms with Crippen LogP contribution in [0.3, 0.4) is 0 Å². The molecule has 0 saturated heterocycles. The summed E-state index contributed by atoms with van der Waals surface area (Å²) in [6.07, 6.45) is 3.22. The van der Waals surface area contributed by atoms with E-state index in [1.54, 1.807) is 24.3 Å². The first-order valence-corrected chi connectivity index (χ1v) is 11.6. The minimum atomic E-state index is -0.658. The first-order chi connectivity index (χ1) is 16.4. The average Bonchev–Trinajstić information content (AvgIpc) is 3.25. The van der Waals surface area contributed by atoms with Gasteiger partial charge in [-0.25, -0.2) is 8.78 Å². The molecule has 0 aliphatic heterocycles. The summed E-state index contributed by atoms with van der Waals surface area (Å²) < 4.78 is 37.5. The van der Waals surface area contributed by atoms with E-state index in [0.29, 0.717) is 27.0 Å². The Bertz CT molecular complexity index is 1140. The van der Waals surface area contributed by atoms with Gasteiger partial charge in [0.05, 0.1) is 19.1 Å². The number of carbonyl (C=O) groups excluding carboxylic acids is 2. The number of hydrogen-bond acceptors (Lipinski definition) is 7. The molecular formula is C24H23F2N3O4S. The molecule has 1 aliphatic carbocycles. The van der Waals surface area contributed by atoms with Crippen LogP contribution in [-0.4, -0.2) is 35.3 Å². The molecule has 1 N–H and O–H groups in total. The van der Waals surface area contributed by atoms with Crippen molar-refractivity contribution in [3.63, 3.8) is 0 Å². The second kappa shape index (κ2) is 10.7. The number of rotatable bonds is 7. The van der Waals surface area contributed by atoms with Gasteiger partial charge in [-0.3, -0.25) is 14.9 Å². The third-order valence-electron chi connectivity index (χ3n) is 5.59. The van der Waals surface area contributed by atoms with Gasteiger partial charge in [-0.15, -0.1) is 10.2 Å². The molecule has 2 aromatic carbocycles. The molecule has 1 fully saturated rings. The Hall–Kier alpha value is -3.40. The molecule has 3 aromatic rings. The number of nitrogens with zero attached hydrogens (tertiary/aromatic N) is 2. The second-order valence-electron chi connectivity index (χ2n) is 8.05. The highest BCUT2D eigenvalue weighted by molar-refractivity contribution is 7.15. The van der Waals surface area contributed by atoms with Crippen molar-refractivity contribution in [2.45, 2.75) is 38.2 Å². The first-order valence-electron chi connectivity index (χ1n) is 10.8. The molecule has 178 valence electrons. The van der Waals surface area contributed by atoms with E-state index in [4.69, 9.17) is 9.47 Å². The third kappa shape index (κ3) is 6.13. The van der Waals surface area contributed by atoms with E-state index in [-0.39, 0.29) is 30.3 Å². The maximum Gasteiger partial charge on any atom is 0.308 e. The molecular weight excluding hydrogens is 464 g/mol. The first kappa shape index (κ1) is 23.7. The zero-order chi connectivity index (χ0) is 24.1. The van der Waals surface area contributed by atoms with Crippen LogP contribution in [0.2, 0.25) is 0 Å². The summed E-state index contributed by atoms with van der Waals surface area (Å²) in [4.78, 5) is 24.2. The molecule has 7 nitrogen and oxygen atoms in total. The fourth-order valence-corrected chi connectivity index (χ4v) is 4.66. The van der Waals surface area contributed by atoms with E-state index in [1.807, 2.05) is 0 Å². The predicted octanol–water partition coefficient (Wildman–Crippen LogP) is 4.77. The van der Waals surface area contributed by atoms with E-state index in [9.17, 15) is 18.4 Å². The van der Waals surface area contributed by atoms with Crippen LogP contribution in [-0.2, 0) is 16.0 Å². The highest BCUT2D eigenvalue weighted by Gasteiger charge is 2.27. The second-order valence-corrected chi connectivity index (χ2v) is 9.11. The van der Waals surface area contributed by atoms with Crippen molar-refractivity contribution in [3.8, 4) is 5.75 Å². The van der Waals surface area contributed by atoms with Gasteiger partial charge in [-0.2, -0.15) is 0 Å². The number of anilines is 1. The molecule has 0 bridgehead atoms. The molecule has 0 spiro atoms. The number of methoxy groups -OCH3 is 1. The standard InChI is InChI=1S/C24H23F2N3O4S/c1-32-23(31)16-4-8-20(9-5-16)33-19-6-2-15(3-7-19)22(30)27-24-29-28-21(34-24)12-14-10-17(25)13-18(26)11-14/h2-3,6-7,10-11,13,16,20H,4-5,8-9,12H2,1H3,(H,27,29,30). The van der Waals surface area contributed by atoms with Crippen molar-refractivity contribution >= 4 is 28.3 Å². The number of amides is 1. The minimum absolute atomic E-state index is 0.0203. The number of carbonyl (C=O) groups is 2. The van der Waals surface area contributed by atoms with Crippen LogP contribution in [0.4, 0.5) is 13.9 Å². The van der Waals surface area contributed by atoms with Gasteiger partial charge in [0.2, 0.25) is 5.13 Å². The van der Waals surface area contributed by atoms with Gasteiger partial charge in [-0.05, 0) is 67.6 Å². The van der Waals surface area contributed by atoms with E-state index in [0.717, 1.165) is 43.1 Å². The molecule has 1 aliphatic rings. The summed E-state index contributed by atoms with van der Waals surface area (Å²) in [5, 5.41) is 11.4. The molecule has 1 heterocycles.